The Hall–Kier alpha value is -4.83. The molecule has 5 rings (SSSR count). The average molecular weight is 513 g/mol. The smallest absolute Gasteiger partial charge is 0.293 e. The number of nitrogens with one attached hydrogen (secondary N) is 2. The van der Waals surface area contributed by atoms with Crippen molar-refractivity contribution in [3.05, 3.63) is 99.8 Å². The monoisotopic (exact) mass is 512 g/mol. The number of hydrogen-bond donors (Lipinski definition) is 2. The number of carbonyl (C=O) groups excluding carboxylic acids is 1. The van der Waals surface area contributed by atoms with Gasteiger partial charge in [0.25, 0.3) is 11.6 Å². The number of benzene rings is 3. The predicted molar refractivity (Wildman–Crippen MR) is 143 cm³/mol. The second kappa shape index (κ2) is 9.67. The highest BCUT2D eigenvalue weighted by Gasteiger charge is 2.16. The lowest BCUT2D eigenvalue weighted by Gasteiger charge is -2.09. The van der Waals surface area contributed by atoms with Crippen molar-refractivity contribution in [2.75, 3.05) is 5.32 Å². The van der Waals surface area contributed by atoms with E-state index in [0.717, 1.165) is 27.8 Å². The van der Waals surface area contributed by atoms with Crippen molar-refractivity contribution in [3.63, 3.8) is 0 Å². The Labute approximate surface area is 216 Å². The van der Waals surface area contributed by atoms with Crippen molar-refractivity contribution in [1.82, 2.24) is 10.3 Å². The number of anilines is 1. The fourth-order valence-electron chi connectivity index (χ4n) is 3.91. The zero-order chi connectivity index (χ0) is 26.1. The third kappa shape index (κ3) is 5.09. The summed E-state index contributed by atoms with van der Waals surface area (Å²) >= 11 is 5.26. The van der Waals surface area contributed by atoms with Crippen LogP contribution in [-0.4, -0.2) is 20.9 Å². The molecule has 10 heteroatoms. The Balaban J connectivity index is 1.23. The minimum absolute atomic E-state index is 0.0162. The van der Waals surface area contributed by atoms with Crippen LogP contribution in [0.1, 0.15) is 21.7 Å². The first-order valence-corrected chi connectivity index (χ1v) is 11.6. The van der Waals surface area contributed by atoms with Crippen molar-refractivity contribution >= 4 is 45.7 Å². The molecule has 2 N–H and O–H groups in total. The van der Waals surface area contributed by atoms with Crippen LogP contribution in [0.4, 0.5) is 11.4 Å². The molecular formula is C27H20N4O5S. The van der Waals surface area contributed by atoms with E-state index in [2.05, 4.69) is 21.7 Å². The SMILES string of the molecule is Cc1cc(C)c2oc(-c3ccc(NC(=S)NC(=O)c4ccc(-c5cccc([N+](=O)[O-])c5)o4)cc3)nc2c1. The zero-order valence-electron chi connectivity index (χ0n) is 19.8. The van der Waals surface area contributed by atoms with Gasteiger partial charge in [-0.1, -0.05) is 18.2 Å². The maximum Gasteiger partial charge on any atom is 0.293 e. The van der Waals surface area contributed by atoms with Crippen LogP contribution in [0.5, 0.6) is 0 Å². The maximum absolute atomic E-state index is 12.6. The van der Waals surface area contributed by atoms with E-state index in [9.17, 15) is 14.9 Å². The summed E-state index contributed by atoms with van der Waals surface area (Å²) in [6.45, 7) is 4.01. The van der Waals surface area contributed by atoms with Crippen molar-refractivity contribution in [3.8, 4) is 22.8 Å². The van der Waals surface area contributed by atoms with Gasteiger partial charge in [0.15, 0.2) is 16.5 Å². The van der Waals surface area contributed by atoms with Crippen molar-refractivity contribution in [2.45, 2.75) is 13.8 Å². The van der Waals surface area contributed by atoms with E-state index in [0.29, 0.717) is 22.9 Å². The van der Waals surface area contributed by atoms with Crippen molar-refractivity contribution in [1.29, 1.82) is 0 Å². The molecule has 0 fully saturated rings. The molecule has 5 aromatic rings. The highest BCUT2D eigenvalue weighted by molar-refractivity contribution is 7.80. The molecule has 0 spiro atoms. The van der Waals surface area contributed by atoms with Gasteiger partial charge in [0.1, 0.15) is 11.3 Å². The summed E-state index contributed by atoms with van der Waals surface area (Å²) in [5.74, 6) is 0.307. The predicted octanol–water partition coefficient (Wildman–Crippen LogP) is 6.41. The molecule has 37 heavy (non-hydrogen) atoms. The van der Waals surface area contributed by atoms with E-state index in [1.807, 2.05) is 32.0 Å². The van der Waals surface area contributed by atoms with Crippen LogP contribution in [0.3, 0.4) is 0 Å². The van der Waals surface area contributed by atoms with E-state index in [4.69, 9.17) is 21.1 Å². The number of nitro groups is 1. The summed E-state index contributed by atoms with van der Waals surface area (Å²) < 4.78 is 11.5. The molecule has 3 aromatic carbocycles. The summed E-state index contributed by atoms with van der Waals surface area (Å²) in [7, 11) is 0. The van der Waals surface area contributed by atoms with Gasteiger partial charge in [-0.15, -0.1) is 0 Å². The van der Waals surface area contributed by atoms with Gasteiger partial charge in [0, 0.05) is 28.9 Å². The number of amides is 1. The molecule has 0 unspecified atom stereocenters. The number of nitrogens with zero attached hydrogens (tertiary/aromatic N) is 2. The lowest BCUT2D eigenvalue weighted by molar-refractivity contribution is -0.384. The molecule has 2 heterocycles. The molecule has 2 aromatic heterocycles. The van der Waals surface area contributed by atoms with Gasteiger partial charge >= 0.3 is 0 Å². The zero-order valence-corrected chi connectivity index (χ0v) is 20.6. The fraction of sp³-hybridized carbons (Fsp3) is 0.0741. The first-order valence-electron chi connectivity index (χ1n) is 11.2. The average Bonchev–Trinajstić information content (AvgIpc) is 3.53. The number of fused-ring (bicyclic) bond motifs is 1. The number of rotatable bonds is 5. The van der Waals surface area contributed by atoms with Gasteiger partial charge in [0.05, 0.1) is 4.92 Å². The highest BCUT2D eigenvalue weighted by atomic mass is 32.1. The molecule has 184 valence electrons. The van der Waals surface area contributed by atoms with Crippen molar-refractivity contribution in [2.24, 2.45) is 0 Å². The van der Waals surface area contributed by atoms with Crippen LogP contribution < -0.4 is 10.6 Å². The maximum atomic E-state index is 12.6. The molecule has 0 atom stereocenters. The van der Waals surface area contributed by atoms with Crippen molar-refractivity contribution < 1.29 is 18.6 Å². The summed E-state index contributed by atoms with van der Waals surface area (Å²) in [5.41, 5.74) is 5.60. The summed E-state index contributed by atoms with van der Waals surface area (Å²) in [6.07, 6.45) is 0. The van der Waals surface area contributed by atoms with Gasteiger partial charge < -0.3 is 14.2 Å². The number of nitro benzene ring substituents is 1. The van der Waals surface area contributed by atoms with Crippen LogP contribution in [-0.2, 0) is 0 Å². The number of hydrogen-bond acceptors (Lipinski definition) is 7. The minimum atomic E-state index is -0.553. The Kier molecular flexibility index (Phi) is 6.24. The van der Waals surface area contributed by atoms with Crippen LogP contribution in [0, 0.1) is 24.0 Å². The lowest BCUT2D eigenvalue weighted by atomic mass is 10.1. The molecule has 0 aliphatic rings. The number of aryl methyl sites for hydroxylation is 2. The van der Waals surface area contributed by atoms with E-state index >= 15 is 0 Å². The second-order valence-electron chi connectivity index (χ2n) is 8.41. The van der Waals surface area contributed by atoms with Gasteiger partial charge in [0.2, 0.25) is 5.89 Å². The van der Waals surface area contributed by atoms with Crippen LogP contribution in [0.25, 0.3) is 33.9 Å². The van der Waals surface area contributed by atoms with Gasteiger partial charge in [-0.05, 0) is 79.7 Å². The number of carbonyl (C=O) groups is 1. The summed E-state index contributed by atoms with van der Waals surface area (Å²) in [4.78, 5) is 27.7. The molecule has 0 aliphatic carbocycles. The lowest BCUT2D eigenvalue weighted by Crippen LogP contribution is -2.33. The molecule has 9 nitrogen and oxygen atoms in total. The molecule has 0 bridgehead atoms. The normalized spacial score (nSPS) is 10.9. The van der Waals surface area contributed by atoms with Crippen LogP contribution in [0.15, 0.2) is 81.6 Å². The first-order chi connectivity index (χ1) is 17.8. The number of oxazole rings is 1. The summed E-state index contributed by atoms with van der Waals surface area (Å²) in [6, 6.07) is 20.3. The van der Waals surface area contributed by atoms with E-state index < -0.39 is 10.8 Å². The molecule has 0 saturated carbocycles. The Morgan fingerprint density at radius 3 is 2.51 bits per heavy atom. The Morgan fingerprint density at radius 2 is 1.76 bits per heavy atom. The molecule has 0 aliphatic heterocycles. The molecular weight excluding hydrogens is 492 g/mol. The minimum Gasteiger partial charge on any atom is -0.451 e. The fourth-order valence-corrected chi connectivity index (χ4v) is 4.12. The van der Waals surface area contributed by atoms with Gasteiger partial charge in [-0.2, -0.15) is 0 Å². The van der Waals surface area contributed by atoms with Crippen LogP contribution >= 0.6 is 12.2 Å². The third-order valence-electron chi connectivity index (χ3n) is 5.61. The van der Waals surface area contributed by atoms with Gasteiger partial charge in [-0.25, -0.2) is 4.98 Å². The number of non-ortho nitro benzene ring substituents is 1. The van der Waals surface area contributed by atoms with E-state index in [1.54, 1.807) is 30.3 Å². The Morgan fingerprint density at radius 1 is 0.973 bits per heavy atom. The second-order valence-corrected chi connectivity index (χ2v) is 8.81. The van der Waals surface area contributed by atoms with Gasteiger partial charge in [-0.3, -0.25) is 20.2 Å². The number of aromatic nitrogens is 1. The number of thiocarbonyl (C=S) groups is 1. The molecule has 1 amide bonds. The quantitative estimate of drug-likeness (QED) is 0.157. The van der Waals surface area contributed by atoms with E-state index in [-0.39, 0.29) is 16.6 Å². The van der Waals surface area contributed by atoms with E-state index in [1.165, 1.54) is 18.2 Å². The Bertz CT molecular complexity index is 1670. The standard InChI is InChI=1S/C27H20N4O5S/c1-15-12-16(2)24-21(13-15)29-26(36-24)17-6-8-19(9-7-17)28-27(37)30-25(32)23-11-10-22(35-23)18-4-3-5-20(14-18)31(33)34/h3-14H,1-2H3,(H2,28,30,32,37). The summed E-state index contributed by atoms with van der Waals surface area (Å²) in [5, 5.41) is 16.6. The number of furan rings is 1. The topological polar surface area (TPSA) is 123 Å². The van der Waals surface area contributed by atoms with Crippen LogP contribution in [0.2, 0.25) is 0 Å². The molecule has 0 radical (unpaired) electrons. The molecule has 0 saturated heterocycles. The highest BCUT2D eigenvalue weighted by Crippen LogP contribution is 2.28. The first kappa shape index (κ1) is 23.9. The largest absolute Gasteiger partial charge is 0.451 e. The third-order valence-corrected chi connectivity index (χ3v) is 5.81.